The van der Waals surface area contributed by atoms with E-state index in [-0.39, 0.29) is 10.6 Å². The normalized spacial score (nSPS) is 10.2. The summed E-state index contributed by atoms with van der Waals surface area (Å²) in [7, 11) is 0. The van der Waals surface area contributed by atoms with Crippen molar-refractivity contribution in [3.63, 3.8) is 0 Å². The Balaban J connectivity index is 2.14. The van der Waals surface area contributed by atoms with Crippen LogP contribution in [0.2, 0.25) is 0 Å². The highest BCUT2D eigenvalue weighted by Crippen LogP contribution is 2.25. The van der Waals surface area contributed by atoms with Crippen molar-refractivity contribution in [3.05, 3.63) is 56.3 Å². The van der Waals surface area contributed by atoms with Crippen LogP contribution in [0.5, 0.6) is 0 Å². The maximum Gasteiger partial charge on any atom is 0.292 e. The quantitative estimate of drug-likeness (QED) is 0.664. The SMILES string of the molecule is Cc1ccsc1CNc1ccccc1[N+](=O)[O-]. The van der Waals surface area contributed by atoms with Gasteiger partial charge in [0, 0.05) is 17.5 Å². The van der Waals surface area contributed by atoms with Crippen molar-refractivity contribution in [2.24, 2.45) is 0 Å². The van der Waals surface area contributed by atoms with Gasteiger partial charge < -0.3 is 5.32 Å². The number of hydrogen-bond acceptors (Lipinski definition) is 4. The largest absolute Gasteiger partial charge is 0.375 e. The van der Waals surface area contributed by atoms with Crippen molar-refractivity contribution in [2.45, 2.75) is 13.5 Å². The average Bonchev–Trinajstić information content (AvgIpc) is 2.72. The molecule has 0 aliphatic rings. The number of para-hydroxylation sites is 2. The molecule has 0 saturated carbocycles. The summed E-state index contributed by atoms with van der Waals surface area (Å²) < 4.78 is 0. The number of nitrogens with one attached hydrogen (secondary N) is 1. The van der Waals surface area contributed by atoms with Gasteiger partial charge in [-0.3, -0.25) is 10.1 Å². The highest BCUT2D eigenvalue weighted by molar-refractivity contribution is 7.10. The van der Waals surface area contributed by atoms with E-state index in [1.165, 1.54) is 16.5 Å². The number of aryl methyl sites for hydroxylation is 1. The third kappa shape index (κ3) is 2.62. The molecular weight excluding hydrogens is 236 g/mol. The maximum atomic E-state index is 10.8. The van der Waals surface area contributed by atoms with E-state index in [0.717, 1.165) is 0 Å². The highest BCUT2D eigenvalue weighted by Gasteiger charge is 2.11. The van der Waals surface area contributed by atoms with Gasteiger partial charge in [-0.25, -0.2) is 0 Å². The van der Waals surface area contributed by atoms with Gasteiger partial charge in [-0.05, 0) is 30.0 Å². The zero-order valence-corrected chi connectivity index (χ0v) is 10.2. The maximum absolute atomic E-state index is 10.8. The molecule has 88 valence electrons. The van der Waals surface area contributed by atoms with E-state index in [2.05, 4.69) is 5.32 Å². The topological polar surface area (TPSA) is 55.2 Å². The standard InChI is InChI=1S/C12H12N2O2S/c1-9-6-7-17-12(9)8-13-10-4-2-3-5-11(10)14(15)16/h2-7,13H,8H2,1H3. The first-order chi connectivity index (χ1) is 8.18. The fraction of sp³-hybridized carbons (Fsp3) is 0.167. The fourth-order valence-electron chi connectivity index (χ4n) is 1.54. The number of nitrogens with zero attached hydrogens (tertiary/aromatic N) is 1. The lowest BCUT2D eigenvalue weighted by molar-refractivity contribution is -0.384. The first kappa shape index (κ1) is 11.6. The van der Waals surface area contributed by atoms with Crippen LogP contribution in [0.1, 0.15) is 10.4 Å². The zero-order chi connectivity index (χ0) is 12.3. The molecule has 0 unspecified atom stereocenters. The van der Waals surface area contributed by atoms with Gasteiger partial charge in [-0.2, -0.15) is 0 Å². The summed E-state index contributed by atoms with van der Waals surface area (Å²) in [5.41, 5.74) is 1.88. The van der Waals surface area contributed by atoms with Crippen LogP contribution >= 0.6 is 11.3 Å². The predicted molar refractivity (Wildman–Crippen MR) is 69.5 cm³/mol. The number of benzene rings is 1. The van der Waals surface area contributed by atoms with Crippen LogP contribution in [0.25, 0.3) is 0 Å². The van der Waals surface area contributed by atoms with Crippen LogP contribution in [-0.4, -0.2) is 4.92 Å². The lowest BCUT2D eigenvalue weighted by atomic mass is 10.2. The molecular formula is C12H12N2O2S. The van der Waals surface area contributed by atoms with Crippen molar-refractivity contribution < 1.29 is 4.92 Å². The third-order valence-corrected chi connectivity index (χ3v) is 3.53. The first-order valence-electron chi connectivity index (χ1n) is 5.19. The number of rotatable bonds is 4. The molecule has 5 heteroatoms. The molecule has 0 fully saturated rings. The summed E-state index contributed by atoms with van der Waals surface area (Å²) in [6, 6.07) is 8.72. The molecule has 0 saturated heterocycles. The minimum absolute atomic E-state index is 0.113. The first-order valence-corrected chi connectivity index (χ1v) is 6.06. The Morgan fingerprint density at radius 2 is 2.12 bits per heavy atom. The molecule has 0 amide bonds. The van der Waals surface area contributed by atoms with Crippen molar-refractivity contribution in [3.8, 4) is 0 Å². The van der Waals surface area contributed by atoms with Gasteiger partial charge in [-0.15, -0.1) is 11.3 Å². The Morgan fingerprint density at radius 3 is 2.76 bits per heavy atom. The van der Waals surface area contributed by atoms with E-state index >= 15 is 0 Å². The van der Waals surface area contributed by atoms with Crippen LogP contribution in [0.15, 0.2) is 35.7 Å². The van der Waals surface area contributed by atoms with E-state index in [1.54, 1.807) is 29.5 Å². The smallest absolute Gasteiger partial charge is 0.292 e. The number of nitro groups is 1. The van der Waals surface area contributed by atoms with Gasteiger partial charge in [0.2, 0.25) is 0 Å². The van der Waals surface area contributed by atoms with Crippen LogP contribution < -0.4 is 5.32 Å². The number of nitro benzene ring substituents is 1. The van der Waals surface area contributed by atoms with Gasteiger partial charge in [0.25, 0.3) is 5.69 Å². The summed E-state index contributed by atoms with van der Waals surface area (Å²) in [5, 5.41) is 15.9. The van der Waals surface area contributed by atoms with Crippen molar-refractivity contribution >= 4 is 22.7 Å². The summed E-state index contributed by atoms with van der Waals surface area (Å²) in [6.45, 7) is 2.65. The van der Waals surface area contributed by atoms with Crippen molar-refractivity contribution in [1.82, 2.24) is 0 Å². The third-order valence-electron chi connectivity index (χ3n) is 2.51. The van der Waals surface area contributed by atoms with Crippen LogP contribution in [0, 0.1) is 17.0 Å². The molecule has 1 N–H and O–H groups in total. The van der Waals surface area contributed by atoms with E-state index in [0.29, 0.717) is 12.2 Å². The molecule has 17 heavy (non-hydrogen) atoms. The van der Waals surface area contributed by atoms with Crippen LogP contribution in [-0.2, 0) is 6.54 Å². The number of hydrogen-bond donors (Lipinski definition) is 1. The molecule has 0 bridgehead atoms. The van der Waals surface area contributed by atoms with Crippen molar-refractivity contribution in [2.75, 3.05) is 5.32 Å². The molecule has 0 radical (unpaired) electrons. The summed E-state index contributed by atoms with van der Waals surface area (Å²) in [6.07, 6.45) is 0. The second-order valence-corrected chi connectivity index (χ2v) is 4.66. The minimum atomic E-state index is -0.371. The number of anilines is 1. The summed E-state index contributed by atoms with van der Waals surface area (Å²) in [5.74, 6) is 0. The molecule has 1 aromatic heterocycles. The van der Waals surface area contributed by atoms with Gasteiger partial charge in [0.05, 0.1) is 4.92 Å². The second-order valence-electron chi connectivity index (χ2n) is 3.65. The Kier molecular flexibility index (Phi) is 3.39. The predicted octanol–water partition coefficient (Wildman–Crippen LogP) is 3.58. The molecule has 2 aromatic rings. The monoisotopic (exact) mass is 248 g/mol. The van der Waals surface area contributed by atoms with Crippen LogP contribution in [0.4, 0.5) is 11.4 Å². The second kappa shape index (κ2) is 4.97. The van der Waals surface area contributed by atoms with E-state index < -0.39 is 0 Å². The van der Waals surface area contributed by atoms with E-state index in [4.69, 9.17) is 0 Å². The minimum Gasteiger partial charge on any atom is -0.375 e. The fourth-order valence-corrected chi connectivity index (χ4v) is 2.39. The Morgan fingerprint density at radius 1 is 1.35 bits per heavy atom. The lowest BCUT2D eigenvalue weighted by Gasteiger charge is -2.06. The zero-order valence-electron chi connectivity index (χ0n) is 9.34. The molecule has 4 nitrogen and oxygen atoms in total. The van der Waals surface area contributed by atoms with Gasteiger partial charge in [-0.1, -0.05) is 12.1 Å². The summed E-state index contributed by atoms with van der Waals surface area (Å²) in [4.78, 5) is 11.6. The summed E-state index contributed by atoms with van der Waals surface area (Å²) >= 11 is 1.65. The molecule has 1 aromatic carbocycles. The van der Waals surface area contributed by atoms with E-state index in [9.17, 15) is 10.1 Å². The van der Waals surface area contributed by atoms with E-state index in [1.807, 2.05) is 18.4 Å². The highest BCUT2D eigenvalue weighted by atomic mass is 32.1. The van der Waals surface area contributed by atoms with Gasteiger partial charge in [0.15, 0.2) is 0 Å². The molecule has 0 aliphatic carbocycles. The molecule has 0 spiro atoms. The average molecular weight is 248 g/mol. The Labute approximate surface area is 103 Å². The Hall–Kier alpha value is -1.88. The van der Waals surface area contributed by atoms with Gasteiger partial charge >= 0.3 is 0 Å². The van der Waals surface area contributed by atoms with Gasteiger partial charge in [0.1, 0.15) is 5.69 Å². The molecule has 2 rings (SSSR count). The Bertz CT molecular complexity index is 537. The molecule has 0 atom stereocenters. The molecule has 0 aliphatic heterocycles. The van der Waals surface area contributed by atoms with Crippen molar-refractivity contribution in [1.29, 1.82) is 0 Å². The van der Waals surface area contributed by atoms with Crippen LogP contribution in [0.3, 0.4) is 0 Å². The lowest BCUT2D eigenvalue weighted by Crippen LogP contribution is -2.01. The molecule has 1 heterocycles. The number of thiophene rings is 1.